The molecule has 18 heavy (non-hydrogen) atoms. The largest absolute Gasteiger partial charge is 0.412 e. The fourth-order valence-corrected chi connectivity index (χ4v) is 2.24. The van der Waals surface area contributed by atoms with Gasteiger partial charge in [-0.05, 0) is 29.8 Å². The molecule has 1 aromatic rings. The highest BCUT2D eigenvalue weighted by Crippen LogP contribution is 2.37. The average molecular weight is 268 g/mol. The summed E-state index contributed by atoms with van der Waals surface area (Å²) in [6.07, 6.45) is 3.56. The van der Waals surface area contributed by atoms with Gasteiger partial charge >= 0.3 is 0 Å². The van der Waals surface area contributed by atoms with E-state index < -0.39 is 8.32 Å². The summed E-state index contributed by atoms with van der Waals surface area (Å²) in [5, 5.41) is 0.208. The van der Waals surface area contributed by atoms with Crippen LogP contribution in [0.1, 0.15) is 31.9 Å². The van der Waals surface area contributed by atoms with Crippen molar-refractivity contribution in [2.45, 2.75) is 52.1 Å². The lowest BCUT2D eigenvalue weighted by atomic mass is 10.2. The van der Waals surface area contributed by atoms with Crippen LogP contribution >= 0.6 is 0 Å². The monoisotopic (exact) mass is 268 g/mol. The van der Waals surface area contributed by atoms with E-state index in [0.29, 0.717) is 13.2 Å². The Kier molecular flexibility index (Phi) is 5.04. The molecule has 1 aromatic heterocycles. The van der Waals surface area contributed by atoms with E-state index in [1.807, 2.05) is 12.3 Å². The van der Waals surface area contributed by atoms with Crippen LogP contribution in [0.15, 0.2) is 18.5 Å². The van der Waals surface area contributed by atoms with Crippen molar-refractivity contribution in [3.05, 3.63) is 29.6 Å². The zero-order valence-electron chi connectivity index (χ0n) is 12.0. The number of aromatic nitrogens is 1. The Morgan fingerprint density at radius 3 is 2.44 bits per heavy atom. The Hall–Kier alpha value is -0.753. The van der Waals surface area contributed by atoms with Gasteiger partial charge in [-0.2, -0.15) is 0 Å². The highest BCUT2D eigenvalue weighted by Gasteiger charge is 2.37. The normalized spacial score (nSPS) is 12.8. The first kappa shape index (κ1) is 15.3. The Morgan fingerprint density at radius 1 is 1.22 bits per heavy atom. The highest BCUT2D eigenvalue weighted by molar-refractivity contribution is 6.74. The molecule has 0 radical (unpaired) electrons. The molecule has 0 fully saturated rings. The van der Waals surface area contributed by atoms with E-state index in [9.17, 15) is 0 Å². The van der Waals surface area contributed by atoms with Gasteiger partial charge in [-0.25, -0.2) is 5.90 Å². The van der Waals surface area contributed by atoms with Crippen molar-refractivity contribution in [2.24, 2.45) is 5.90 Å². The fraction of sp³-hybridized carbons (Fsp3) is 0.615. The lowest BCUT2D eigenvalue weighted by molar-refractivity contribution is 0.122. The van der Waals surface area contributed by atoms with Crippen LogP contribution in [0.5, 0.6) is 0 Å². The topological polar surface area (TPSA) is 57.4 Å². The third kappa shape index (κ3) is 3.88. The van der Waals surface area contributed by atoms with Crippen molar-refractivity contribution in [1.29, 1.82) is 0 Å². The maximum absolute atomic E-state index is 6.17. The molecule has 0 saturated heterocycles. The molecule has 0 unspecified atom stereocenters. The summed E-state index contributed by atoms with van der Waals surface area (Å²) >= 11 is 0. The molecule has 0 spiro atoms. The second-order valence-corrected chi connectivity index (χ2v) is 10.8. The molecule has 102 valence electrons. The standard InChI is InChI=1S/C13H24N2O2Si/c1-13(2,3)18(4,5)17-10-12-8-15-7-6-11(12)9-16-14/h6-8H,9-10,14H2,1-5H3. The number of nitrogens with two attached hydrogens (primary N) is 1. The van der Waals surface area contributed by atoms with Gasteiger partial charge in [0.05, 0.1) is 13.2 Å². The van der Waals surface area contributed by atoms with E-state index in [4.69, 9.17) is 15.2 Å². The van der Waals surface area contributed by atoms with Gasteiger partial charge < -0.3 is 4.43 Å². The zero-order valence-corrected chi connectivity index (χ0v) is 13.0. The van der Waals surface area contributed by atoms with Crippen molar-refractivity contribution in [2.75, 3.05) is 0 Å². The minimum atomic E-state index is -1.73. The van der Waals surface area contributed by atoms with Gasteiger partial charge in [0, 0.05) is 18.0 Å². The lowest BCUT2D eigenvalue weighted by Crippen LogP contribution is -2.40. The van der Waals surface area contributed by atoms with Crippen molar-refractivity contribution >= 4 is 8.32 Å². The van der Waals surface area contributed by atoms with E-state index in [0.717, 1.165) is 11.1 Å². The Balaban J connectivity index is 2.75. The number of pyridine rings is 1. The quantitative estimate of drug-likeness (QED) is 0.659. The minimum Gasteiger partial charge on any atom is -0.412 e. The maximum Gasteiger partial charge on any atom is 0.192 e. The van der Waals surface area contributed by atoms with Crippen LogP contribution in [0, 0.1) is 0 Å². The first-order valence-electron chi connectivity index (χ1n) is 6.15. The van der Waals surface area contributed by atoms with E-state index in [-0.39, 0.29) is 5.04 Å². The minimum absolute atomic E-state index is 0.208. The Morgan fingerprint density at radius 2 is 1.89 bits per heavy atom. The predicted octanol–water partition coefficient (Wildman–Crippen LogP) is 2.99. The number of hydrogen-bond acceptors (Lipinski definition) is 4. The summed E-state index contributed by atoms with van der Waals surface area (Å²) < 4.78 is 6.17. The Labute approximate surface area is 111 Å². The summed E-state index contributed by atoms with van der Waals surface area (Å²) in [4.78, 5) is 8.83. The predicted molar refractivity (Wildman–Crippen MR) is 75.2 cm³/mol. The first-order chi connectivity index (χ1) is 8.28. The second kappa shape index (κ2) is 5.93. The Bertz CT molecular complexity index is 389. The fourth-order valence-electron chi connectivity index (χ4n) is 1.29. The molecule has 0 aromatic carbocycles. The average Bonchev–Trinajstić information content (AvgIpc) is 2.27. The zero-order chi connectivity index (χ0) is 13.8. The van der Waals surface area contributed by atoms with Crippen molar-refractivity contribution in [3.8, 4) is 0 Å². The van der Waals surface area contributed by atoms with Crippen LogP contribution in [0.3, 0.4) is 0 Å². The third-order valence-electron chi connectivity index (χ3n) is 3.64. The number of rotatable bonds is 5. The van der Waals surface area contributed by atoms with E-state index in [1.54, 1.807) is 6.20 Å². The summed E-state index contributed by atoms with van der Waals surface area (Å²) in [7, 11) is -1.73. The van der Waals surface area contributed by atoms with Crippen LogP contribution in [-0.4, -0.2) is 13.3 Å². The van der Waals surface area contributed by atoms with Crippen LogP contribution in [0.4, 0.5) is 0 Å². The van der Waals surface area contributed by atoms with Gasteiger partial charge in [0.15, 0.2) is 8.32 Å². The molecule has 1 rings (SSSR count). The van der Waals surface area contributed by atoms with E-state index in [2.05, 4.69) is 38.8 Å². The molecular weight excluding hydrogens is 244 g/mol. The summed E-state index contributed by atoms with van der Waals surface area (Å²) in [5.74, 6) is 5.13. The molecule has 4 nitrogen and oxygen atoms in total. The second-order valence-electron chi connectivity index (χ2n) is 6.00. The van der Waals surface area contributed by atoms with Gasteiger partial charge in [0.1, 0.15) is 0 Å². The maximum atomic E-state index is 6.17. The van der Waals surface area contributed by atoms with Crippen molar-refractivity contribution in [1.82, 2.24) is 4.98 Å². The molecule has 5 heteroatoms. The van der Waals surface area contributed by atoms with Crippen LogP contribution in [-0.2, 0) is 22.5 Å². The highest BCUT2D eigenvalue weighted by atomic mass is 28.4. The SMILES string of the molecule is CC(C)(C)[Si](C)(C)OCc1cnccc1CON. The van der Waals surface area contributed by atoms with Gasteiger partial charge in [-0.1, -0.05) is 20.8 Å². The van der Waals surface area contributed by atoms with E-state index >= 15 is 0 Å². The molecule has 0 atom stereocenters. The lowest BCUT2D eigenvalue weighted by Gasteiger charge is -2.36. The van der Waals surface area contributed by atoms with Gasteiger partial charge in [0.25, 0.3) is 0 Å². The summed E-state index contributed by atoms with van der Waals surface area (Å²) in [6, 6.07) is 1.91. The van der Waals surface area contributed by atoms with Crippen molar-refractivity contribution in [3.63, 3.8) is 0 Å². The summed E-state index contributed by atoms with van der Waals surface area (Å²) in [6.45, 7) is 12.1. The molecule has 1 heterocycles. The molecule has 2 N–H and O–H groups in total. The molecule has 0 amide bonds. The number of nitrogens with zero attached hydrogens (tertiary/aromatic N) is 1. The molecule has 0 aliphatic rings. The molecule has 0 aliphatic heterocycles. The van der Waals surface area contributed by atoms with Crippen LogP contribution in [0.2, 0.25) is 18.1 Å². The van der Waals surface area contributed by atoms with Crippen molar-refractivity contribution < 1.29 is 9.26 Å². The summed E-state index contributed by atoms with van der Waals surface area (Å²) in [5.41, 5.74) is 2.08. The first-order valence-corrected chi connectivity index (χ1v) is 9.06. The van der Waals surface area contributed by atoms with Crippen LogP contribution < -0.4 is 5.90 Å². The van der Waals surface area contributed by atoms with Gasteiger partial charge in [-0.3, -0.25) is 9.82 Å². The molecule has 0 bridgehead atoms. The van der Waals surface area contributed by atoms with E-state index in [1.165, 1.54) is 0 Å². The number of hydrogen-bond donors (Lipinski definition) is 1. The van der Waals surface area contributed by atoms with Gasteiger partial charge in [0.2, 0.25) is 0 Å². The van der Waals surface area contributed by atoms with Gasteiger partial charge in [-0.15, -0.1) is 0 Å². The molecule has 0 saturated carbocycles. The molecular formula is C13H24N2O2Si. The molecule has 0 aliphatic carbocycles. The van der Waals surface area contributed by atoms with Crippen LogP contribution in [0.25, 0.3) is 0 Å². The third-order valence-corrected chi connectivity index (χ3v) is 8.12. The smallest absolute Gasteiger partial charge is 0.192 e.